The zero-order valence-corrected chi connectivity index (χ0v) is 13.9. The van der Waals surface area contributed by atoms with Crippen LogP contribution in [0.1, 0.15) is 36.0 Å². The molecule has 122 valence electrons. The fourth-order valence-electron chi connectivity index (χ4n) is 3.31. The predicted molar refractivity (Wildman–Crippen MR) is 92.2 cm³/mol. The van der Waals surface area contributed by atoms with Crippen LogP contribution in [0.5, 0.6) is 0 Å². The first-order valence-corrected chi connectivity index (χ1v) is 8.25. The van der Waals surface area contributed by atoms with Crippen molar-refractivity contribution in [2.45, 2.75) is 32.7 Å². The van der Waals surface area contributed by atoms with E-state index in [1.807, 2.05) is 36.7 Å². The number of aromatic nitrogens is 5. The van der Waals surface area contributed by atoms with Crippen molar-refractivity contribution in [1.29, 1.82) is 0 Å². The van der Waals surface area contributed by atoms with Gasteiger partial charge in [-0.1, -0.05) is 6.07 Å². The van der Waals surface area contributed by atoms with E-state index in [2.05, 4.69) is 32.0 Å². The highest BCUT2D eigenvalue weighted by Crippen LogP contribution is 2.34. The standard InChI is InChI=1S/C18H20N6/c1-13-11-14(2)21-18(20-13)24-9-4-6-16(24)15-5-3-7-17(22-15)23-10-8-19-12-23/h3,5,7-8,10-12,16H,4,6,9H2,1-2H3/t16-/m1/s1. The second kappa shape index (κ2) is 6.03. The van der Waals surface area contributed by atoms with Gasteiger partial charge in [0.05, 0.1) is 11.7 Å². The zero-order valence-electron chi connectivity index (χ0n) is 13.9. The fourth-order valence-corrected chi connectivity index (χ4v) is 3.31. The molecule has 0 bridgehead atoms. The molecule has 1 atom stereocenters. The smallest absolute Gasteiger partial charge is 0.226 e. The van der Waals surface area contributed by atoms with Crippen molar-refractivity contribution < 1.29 is 0 Å². The number of hydrogen-bond donors (Lipinski definition) is 0. The molecule has 0 aliphatic carbocycles. The average Bonchev–Trinajstić information content (AvgIpc) is 3.26. The van der Waals surface area contributed by atoms with Crippen molar-refractivity contribution in [2.75, 3.05) is 11.4 Å². The lowest BCUT2D eigenvalue weighted by Gasteiger charge is -2.25. The quantitative estimate of drug-likeness (QED) is 0.742. The molecule has 1 aliphatic rings. The van der Waals surface area contributed by atoms with Gasteiger partial charge >= 0.3 is 0 Å². The van der Waals surface area contributed by atoms with Gasteiger partial charge in [-0.05, 0) is 44.9 Å². The Morgan fingerprint density at radius 1 is 1.08 bits per heavy atom. The van der Waals surface area contributed by atoms with Crippen LogP contribution in [-0.2, 0) is 0 Å². The predicted octanol–water partition coefficient (Wildman–Crippen LogP) is 3.02. The first-order chi connectivity index (χ1) is 11.7. The summed E-state index contributed by atoms with van der Waals surface area (Å²) < 4.78 is 1.93. The topological polar surface area (TPSA) is 59.7 Å². The van der Waals surface area contributed by atoms with Crippen LogP contribution in [0.15, 0.2) is 43.0 Å². The van der Waals surface area contributed by atoms with Crippen LogP contribution < -0.4 is 4.90 Å². The molecule has 1 saturated heterocycles. The summed E-state index contributed by atoms with van der Waals surface area (Å²) in [5.41, 5.74) is 3.06. The molecule has 1 aliphatic heterocycles. The van der Waals surface area contributed by atoms with E-state index in [-0.39, 0.29) is 6.04 Å². The zero-order chi connectivity index (χ0) is 16.5. The number of nitrogens with zero attached hydrogens (tertiary/aromatic N) is 6. The second-order valence-electron chi connectivity index (χ2n) is 6.19. The van der Waals surface area contributed by atoms with E-state index in [0.717, 1.165) is 48.2 Å². The Hall–Kier alpha value is -2.76. The summed E-state index contributed by atoms with van der Waals surface area (Å²) >= 11 is 0. The van der Waals surface area contributed by atoms with E-state index in [1.165, 1.54) is 0 Å². The van der Waals surface area contributed by atoms with Gasteiger partial charge in [-0.25, -0.2) is 19.9 Å². The maximum atomic E-state index is 4.84. The van der Waals surface area contributed by atoms with Gasteiger partial charge in [0.15, 0.2) is 0 Å². The van der Waals surface area contributed by atoms with Gasteiger partial charge in [-0.2, -0.15) is 0 Å². The summed E-state index contributed by atoms with van der Waals surface area (Å²) in [5, 5.41) is 0. The van der Waals surface area contributed by atoms with Crippen LogP contribution in [0.25, 0.3) is 5.82 Å². The molecule has 1 fully saturated rings. The molecule has 6 heteroatoms. The third-order valence-electron chi connectivity index (χ3n) is 4.35. The number of rotatable bonds is 3. The largest absolute Gasteiger partial charge is 0.332 e. The summed E-state index contributed by atoms with van der Waals surface area (Å²) in [7, 11) is 0. The van der Waals surface area contributed by atoms with Crippen LogP contribution in [0.2, 0.25) is 0 Å². The molecule has 0 aromatic carbocycles. The van der Waals surface area contributed by atoms with E-state index in [0.29, 0.717) is 0 Å². The average molecular weight is 320 g/mol. The lowest BCUT2D eigenvalue weighted by molar-refractivity contribution is 0.674. The SMILES string of the molecule is Cc1cc(C)nc(N2CCC[C@@H]2c2cccc(-n3ccnc3)n2)n1. The molecule has 3 aromatic heterocycles. The minimum absolute atomic E-state index is 0.217. The Bertz CT molecular complexity index is 822. The Morgan fingerprint density at radius 2 is 1.92 bits per heavy atom. The molecule has 0 unspecified atom stereocenters. The number of aryl methyl sites for hydroxylation is 2. The normalized spacial score (nSPS) is 17.4. The molecule has 0 radical (unpaired) electrons. The van der Waals surface area contributed by atoms with E-state index >= 15 is 0 Å². The lowest BCUT2D eigenvalue weighted by Crippen LogP contribution is -2.26. The van der Waals surface area contributed by atoms with Crippen molar-refractivity contribution in [3.63, 3.8) is 0 Å². The van der Waals surface area contributed by atoms with Crippen molar-refractivity contribution >= 4 is 5.95 Å². The Morgan fingerprint density at radius 3 is 2.67 bits per heavy atom. The van der Waals surface area contributed by atoms with Crippen LogP contribution in [0.4, 0.5) is 5.95 Å². The number of anilines is 1. The molecule has 24 heavy (non-hydrogen) atoms. The maximum absolute atomic E-state index is 4.84. The highest BCUT2D eigenvalue weighted by atomic mass is 15.3. The third-order valence-corrected chi connectivity index (χ3v) is 4.35. The Balaban J connectivity index is 1.69. The van der Waals surface area contributed by atoms with E-state index in [1.54, 1.807) is 12.5 Å². The van der Waals surface area contributed by atoms with Crippen molar-refractivity contribution in [2.24, 2.45) is 0 Å². The molecule has 0 saturated carbocycles. The van der Waals surface area contributed by atoms with E-state index < -0.39 is 0 Å². The van der Waals surface area contributed by atoms with Gasteiger partial charge in [-0.15, -0.1) is 0 Å². The van der Waals surface area contributed by atoms with Crippen LogP contribution in [-0.4, -0.2) is 31.0 Å². The van der Waals surface area contributed by atoms with Gasteiger partial charge in [0, 0.05) is 30.3 Å². The van der Waals surface area contributed by atoms with Gasteiger partial charge < -0.3 is 4.90 Å². The third kappa shape index (κ3) is 2.75. The summed E-state index contributed by atoms with van der Waals surface area (Å²) in [6.07, 6.45) is 7.63. The van der Waals surface area contributed by atoms with E-state index in [9.17, 15) is 0 Å². The number of imidazole rings is 1. The van der Waals surface area contributed by atoms with Gasteiger partial charge in [0.2, 0.25) is 5.95 Å². The monoisotopic (exact) mass is 320 g/mol. The van der Waals surface area contributed by atoms with Crippen LogP contribution in [0, 0.1) is 13.8 Å². The highest BCUT2D eigenvalue weighted by Gasteiger charge is 2.29. The van der Waals surface area contributed by atoms with Gasteiger partial charge in [0.25, 0.3) is 0 Å². The van der Waals surface area contributed by atoms with Crippen LogP contribution in [0.3, 0.4) is 0 Å². The molecule has 4 heterocycles. The molecule has 4 rings (SSSR count). The molecule has 3 aromatic rings. The minimum atomic E-state index is 0.217. The molecular formula is C18H20N6. The Kier molecular flexibility index (Phi) is 3.72. The summed E-state index contributed by atoms with van der Waals surface area (Å²) in [6.45, 7) is 4.99. The first kappa shape index (κ1) is 14.8. The van der Waals surface area contributed by atoms with Gasteiger partial charge in [0.1, 0.15) is 12.1 Å². The summed E-state index contributed by atoms with van der Waals surface area (Å²) in [4.78, 5) is 20.5. The molecule has 6 nitrogen and oxygen atoms in total. The second-order valence-corrected chi connectivity index (χ2v) is 6.19. The molecule has 0 amide bonds. The molecular weight excluding hydrogens is 300 g/mol. The number of pyridine rings is 1. The van der Waals surface area contributed by atoms with Crippen LogP contribution >= 0.6 is 0 Å². The summed E-state index contributed by atoms with van der Waals surface area (Å²) in [5.74, 6) is 1.70. The fraction of sp³-hybridized carbons (Fsp3) is 0.333. The van der Waals surface area contributed by atoms with Gasteiger partial charge in [-0.3, -0.25) is 4.57 Å². The lowest BCUT2D eigenvalue weighted by atomic mass is 10.1. The highest BCUT2D eigenvalue weighted by molar-refractivity contribution is 5.39. The first-order valence-electron chi connectivity index (χ1n) is 8.25. The molecule has 0 spiro atoms. The van der Waals surface area contributed by atoms with Crippen molar-refractivity contribution in [1.82, 2.24) is 24.5 Å². The number of hydrogen-bond acceptors (Lipinski definition) is 5. The minimum Gasteiger partial charge on any atom is -0.332 e. The summed E-state index contributed by atoms with van der Waals surface area (Å²) in [6, 6.07) is 8.36. The van der Waals surface area contributed by atoms with E-state index in [4.69, 9.17) is 4.98 Å². The Labute approximate surface area is 141 Å². The van der Waals surface area contributed by atoms with Crippen molar-refractivity contribution in [3.05, 3.63) is 60.1 Å². The maximum Gasteiger partial charge on any atom is 0.226 e. The van der Waals surface area contributed by atoms with Crippen molar-refractivity contribution in [3.8, 4) is 5.82 Å². The molecule has 0 N–H and O–H groups in total.